The minimum Gasteiger partial charge on any atom is -0.508 e. The average molecular weight is 1770 g/mol. The second-order valence-corrected chi connectivity index (χ2v) is 31.3. The summed E-state index contributed by atoms with van der Waals surface area (Å²) in [7, 11) is 0. The molecule has 125 heavy (non-hydrogen) atoms. The summed E-state index contributed by atoms with van der Waals surface area (Å²) in [4.78, 5) is 269. The van der Waals surface area contributed by atoms with Gasteiger partial charge in [-0.25, -0.2) is 4.79 Å². The molecule has 0 fully saturated rings. The van der Waals surface area contributed by atoms with E-state index in [0.717, 1.165) is 6.92 Å². The summed E-state index contributed by atoms with van der Waals surface area (Å²) in [5.41, 5.74) is 28.6. The van der Waals surface area contributed by atoms with E-state index in [0.29, 0.717) is 11.1 Å². The van der Waals surface area contributed by atoms with Crippen LogP contribution in [0.5, 0.6) is 5.75 Å². The minimum atomic E-state index is -2.08. The molecule has 0 aromatic heterocycles. The van der Waals surface area contributed by atoms with Crippen molar-refractivity contribution in [2.75, 3.05) is 19.8 Å². The molecule has 0 aliphatic carbocycles. The number of benzene rings is 2. The lowest BCUT2D eigenvalue weighted by Gasteiger charge is -2.29. The molecule has 2 rings (SSSR count). The molecule has 2 aromatic carbocycles. The number of nitrogens with one attached hydrogen (secondary N) is 16. The van der Waals surface area contributed by atoms with Crippen LogP contribution in [0.15, 0.2) is 54.6 Å². The molecular weight excluding hydrogens is 1650 g/mol. The molecule has 0 spiro atoms. The van der Waals surface area contributed by atoms with E-state index in [1.54, 1.807) is 71.9 Å². The van der Waals surface area contributed by atoms with E-state index in [1.165, 1.54) is 38.1 Å². The Bertz CT molecular complexity index is 4100. The first kappa shape index (κ1) is 108. The summed E-state index contributed by atoms with van der Waals surface area (Å²) >= 11 is 0. The lowest BCUT2D eigenvalue weighted by atomic mass is 10.00. The molecule has 0 radical (unpaired) electrons. The van der Waals surface area contributed by atoms with Crippen LogP contribution in [0.2, 0.25) is 0 Å². The number of aliphatic hydroxyl groups excluding tert-OH is 2. The fourth-order valence-corrected chi connectivity index (χ4v) is 12.0. The predicted octanol–water partition coefficient (Wildman–Crippen LogP) is -8.21. The standard InChI is InChI=1S/C78H121N21O26/c1-36(2)26-47(92-75(122)55(34-100)97-66(113)46(22-23-57(80)103)87-70(117)51(30-42-17-19-43(102)20-18-42)94-68(115)48(27-37(3)4)90-64(111)44(79)21-24-60(106)107)67(114)86-40(9)63(110)89-54(33-61(108)109)73(120)91-49(28-38(5)6)69(116)95-52(31-58(81)104)72(119)96-53(32-59(82)105)74(121)99-62(39(7)8)76(123)88-45(16-13-25-85-78(83)84)65(112)93-50(29-41-14-11-10-12-15-41)71(118)98-56(35-101)77(124)125/h10-12,14-15,17-20,36-40,44-56,62,100-102H,13,16,21-35,79H2,1-9H3,(H2,80,103)(H2,81,104)(H2,82,105)(H,86,114)(H,87,117)(H,88,123)(H,89,110)(H,90,111)(H,91,120)(H,92,122)(H,93,112)(H,94,115)(H,95,116)(H,96,119)(H,97,113)(H,98,118)(H,99,121)(H,106,107)(H,108,109)(H,124,125)(H4,83,84,85)/t40-,44-,45-,46-,47-,48-,49-,50-,51-,52-,53-,54-,55-,56-,62-/m0/s1. The first-order chi connectivity index (χ1) is 58.4. The van der Waals surface area contributed by atoms with Crippen LogP contribution in [-0.2, 0) is 109 Å². The number of hydrogen-bond acceptors (Lipinski definition) is 25. The van der Waals surface area contributed by atoms with Gasteiger partial charge in [-0.15, -0.1) is 0 Å². The van der Waals surface area contributed by atoms with Crippen LogP contribution in [0.3, 0.4) is 0 Å². The largest absolute Gasteiger partial charge is 0.508 e. The number of carboxylic acid groups (broad SMARTS) is 3. The van der Waals surface area contributed by atoms with E-state index in [2.05, 4.69) is 79.8 Å². The van der Waals surface area contributed by atoms with E-state index in [-0.39, 0.29) is 69.6 Å². The molecule has 0 saturated carbocycles. The van der Waals surface area contributed by atoms with Crippen molar-refractivity contribution in [2.24, 2.45) is 52.3 Å². The fourth-order valence-electron chi connectivity index (χ4n) is 12.0. The third-order valence-corrected chi connectivity index (χ3v) is 18.6. The molecule has 0 unspecified atom stereocenters. The number of guanidine groups is 1. The molecule has 15 atom stereocenters. The zero-order valence-electron chi connectivity index (χ0n) is 70.9. The van der Waals surface area contributed by atoms with Crippen molar-refractivity contribution in [1.29, 1.82) is 5.41 Å². The van der Waals surface area contributed by atoms with E-state index < -0.39 is 284 Å². The Morgan fingerprint density at radius 2 is 0.704 bits per heavy atom. The molecule has 0 heterocycles. The van der Waals surface area contributed by atoms with E-state index in [1.807, 2.05) is 0 Å². The van der Waals surface area contributed by atoms with Crippen molar-refractivity contribution in [2.45, 2.75) is 243 Å². The number of carboxylic acids is 3. The van der Waals surface area contributed by atoms with Gasteiger partial charge >= 0.3 is 17.9 Å². The van der Waals surface area contributed by atoms with Gasteiger partial charge in [0.25, 0.3) is 0 Å². The van der Waals surface area contributed by atoms with Crippen molar-refractivity contribution >= 4 is 124 Å². The molecule has 2 aromatic rings. The number of aromatic hydroxyl groups is 1. The SMILES string of the molecule is CC(C)C[C@H](NC(=O)[C@H](CO)NC(=O)[C@H](CCC(N)=O)NC(=O)[C@H](Cc1ccc(O)cc1)NC(=O)[C@H](CC(C)C)NC(=O)[C@@H](N)CCC(=O)O)C(=O)N[C@@H](C)C(=O)N[C@@H](CC(=O)O)C(=O)N[C@@H](CC(C)C)C(=O)N[C@@H](CC(N)=O)C(=O)N[C@@H](CC(N)=O)C(=O)N[C@H](C(=O)N[C@@H](CCCNC(=N)N)C(=O)N[C@@H](Cc1ccccc1)C(=O)N[C@@H](CO)C(=O)O)C(C)C. The first-order valence-electron chi connectivity index (χ1n) is 40.1. The van der Waals surface area contributed by atoms with Gasteiger partial charge in [0, 0.05) is 32.2 Å². The van der Waals surface area contributed by atoms with Gasteiger partial charge in [-0.3, -0.25) is 96.5 Å². The van der Waals surface area contributed by atoms with E-state index >= 15 is 0 Å². The minimum absolute atomic E-state index is 0.0146. The van der Waals surface area contributed by atoms with Gasteiger partial charge in [-0.2, -0.15) is 0 Å². The highest BCUT2D eigenvalue weighted by Gasteiger charge is 2.40. The lowest BCUT2D eigenvalue weighted by molar-refractivity contribution is -0.143. The van der Waals surface area contributed by atoms with Crippen LogP contribution in [0.4, 0.5) is 0 Å². The number of phenols is 1. The third-order valence-electron chi connectivity index (χ3n) is 18.6. The number of phenolic OH excluding ortho intramolecular Hbond substituents is 1. The summed E-state index contributed by atoms with van der Waals surface area (Å²) in [6.07, 6.45) is -6.52. The number of hydrogen-bond donors (Lipinski definition) is 27. The van der Waals surface area contributed by atoms with Crippen LogP contribution >= 0.6 is 0 Å². The highest BCUT2D eigenvalue weighted by atomic mass is 16.4. The number of aliphatic hydroxyl groups is 2. The van der Waals surface area contributed by atoms with Crippen LogP contribution in [0.1, 0.15) is 150 Å². The van der Waals surface area contributed by atoms with Crippen molar-refractivity contribution in [3.63, 3.8) is 0 Å². The predicted molar refractivity (Wildman–Crippen MR) is 442 cm³/mol. The monoisotopic (exact) mass is 1770 g/mol. The smallest absolute Gasteiger partial charge is 0.328 e. The van der Waals surface area contributed by atoms with Gasteiger partial charge in [-0.1, -0.05) is 97.9 Å². The van der Waals surface area contributed by atoms with E-state index in [4.69, 9.17) is 39.2 Å². The number of aliphatic carboxylic acids is 3. The summed E-state index contributed by atoms with van der Waals surface area (Å²) in [6, 6.07) is -12.4. The first-order valence-corrected chi connectivity index (χ1v) is 40.1. The van der Waals surface area contributed by atoms with Crippen LogP contribution in [0.25, 0.3) is 0 Å². The van der Waals surface area contributed by atoms with Crippen molar-refractivity contribution < 1.29 is 127 Å². The van der Waals surface area contributed by atoms with Gasteiger partial charge in [0.1, 0.15) is 90.3 Å². The van der Waals surface area contributed by atoms with Gasteiger partial charge in [0.05, 0.1) is 38.5 Å². The van der Waals surface area contributed by atoms with Crippen LogP contribution in [-0.4, -0.2) is 265 Å². The second-order valence-electron chi connectivity index (χ2n) is 31.3. The highest BCUT2D eigenvalue weighted by Crippen LogP contribution is 2.17. The van der Waals surface area contributed by atoms with Gasteiger partial charge in [-0.05, 0) is 98.8 Å². The maximum Gasteiger partial charge on any atom is 0.328 e. The highest BCUT2D eigenvalue weighted by molar-refractivity contribution is 6.02. The van der Waals surface area contributed by atoms with Crippen LogP contribution < -0.4 is 108 Å². The summed E-state index contributed by atoms with van der Waals surface area (Å²) < 4.78 is 0. The Kier molecular flexibility index (Phi) is 46.9. The van der Waals surface area contributed by atoms with Crippen molar-refractivity contribution in [3.05, 3.63) is 65.7 Å². The Hall–Kier alpha value is -13.2. The average Bonchev–Trinajstić information content (AvgIpc) is 0.842. The summed E-state index contributed by atoms with van der Waals surface area (Å²) in [5.74, 6) is -26.9. The number of carbonyl (C=O) groups excluding carboxylic acids is 17. The Labute approximate surface area is 719 Å². The maximum atomic E-state index is 14.4. The summed E-state index contributed by atoms with van der Waals surface area (Å²) in [5, 5.41) is 102. The lowest BCUT2D eigenvalue weighted by Crippen LogP contribution is -2.62. The van der Waals surface area contributed by atoms with Crippen molar-refractivity contribution in [3.8, 4) is 5.75 Å². The quantitative estimate of drug-likeness (QED) is 0.0166. The molecular formula is C78H121N21O26. The molecule has 0 aliphatic heterocycles. The molecule has 694 valence electrons. The third kappa shape index (κ3) is 41.5. The zero-order chi connectivity index (χ0) is 94.8. The molecule has 47 heteroatoms. The number of carbonyl (C=O) groups is 20. The van der Waals surface area contributed by atoms with Gasteiger partial charge in [0.15, 0.2) is 5.96 Å². The number of nitrogens with two attached hydrogens (primary N) is 5. The Morgan fingerprint density at radius 3 is 1.12 bits per heavy atom. The van der Waals surface area contributed by atoms with Crippen LogP contribution in [0, 0.1) is 29.1 Å². The second kappa shape index (κ2) is 54.3. The fraction of sp³-hybridized carbons (Fsp3) is 0.577. The normalized spacial score (nSPS) is 14.7. The number of primary amides is 3. The zero-order valence-corrected chi connectivity index (χ0v) is 70.9. The molecule has 0 aliphatic rings. The molecule has 0 saturated heterocycles. The number of rotatable bonds is 58. The van der Waals surface area contributed by atoms with Gasteiger partial charge in [0.2, 0.25) is 100 Å². The van der Waals surface area contributed by atoms with Gasteiger partial charge < -0.3 is 139 Å². The molecule has 32 N–H and O–H groups in total. The molecule has 17 amide bonds. The maximum absolute atomic E-state index is 14.4. The van der Waals surface area contributed by atoms with Crippen molar-refractivity contribution in [1.82, 2.24) is 79.8 Å². The topological polar surface area (TPSA) is 797 Å². The number of amides is 17. The Morgan fingerprint density at radius 1 is 0.352 bits per heavy atom. The molecule has 47 nitrogen and oxygen atoms in total. The van der Waals surface area contributed by atoms with E-state index in [9.17, 15) is 121 Å². The summed E-state index contributed by atoms with van der Waals surface area (Å²) in [6.45, 7) is 11.5. The molecule has 0 bridgehead atoms. The Balaban J connectivity index is 2.45.